The zero-order valence-electron chi connectivity index (χ0n) is 11.7. The van der Waals surface area contributed by atoms with Gasteiger partial charge in [-0.25, -0.2) is 0 Å². The van der Waals surface area contributed by atoms with Crippen LogP contribution in [-0.4, -0.2) is 18.6 Å². The summed E-state index contributed by atoms with van der Waals surface area (Å²) in [5, 5.41) is 2.83. The van der Waals surface area contributed by atoms with Crippen LogP contribution in [0.25, 0.3) is 0 Å². The van der Waals surface area contributed by atoms with Gasteiger partial charge in [0.05, 0.1) is 0 Å². The number of halogens is 1. The van der Waals surface area contributed by atoms with Gasteiger partial charge in [0, 0.05) is 18.0 Å². The molecule has 0 bridgehead atoms. The first-order chi connectivity index (χ1) is 8.54. The van der Waals surface area contributed by atoms with Gasteiger partial charge in [0.1, 0.15) is 6.10 Å². The molecular formula is C14H23ClN2O2. The molecule has 0 fully saturated rings. The molecule has 0 aliphatic rings. The summed E-state index contributed by atoms with van der Waals surface area (Å²) in [6.45, 7) is 6.38. The predicted octanol–water partition coefficient (Wildman–Crippen LogP) is 3.14. The van der Waals surface area contributed by atoms with Crippen molar-refractivity contribution in [1.82, 2.24) is 0 Å². The molecule has 1 unspecified atom stereocenters. The Labute approximate surface area is 121 Å². The van der Waals surface area contributed by atoms with Crippen LogP contribution in [-0.2, 0) is 9.53 Å². The number of benzene rings is 1. The van der Waals surface area contributed by atoms with E-state index < -0.39 is 6.10 Å². The lowest BCUT2D eigenvalue weighted by atomic mass is 10.2. The second-order valence-corrected chi connectivity index (χ2v) is 4.43. The van der Waals surface area contributed by atoms with E-state index in [1.54, 1.807) is 13.0 Å². The van der Waals surface area contributed by atoms with Crippen molar-refractivity contribution in [2.75, 3.05) is 17.7 Å². The lowest BCUT2D eigenvalue weighted by Crippen LogP contribution is -2.28. The number of carbonyl (C=O) groups is 1. The van der Waals surface area contributed by atoms with Crippen molar-refractivity contribution in [3.63, 3.8) is 0 Å². The number of ether oxygens (including phenoxy) is 1. The van der Waals surface area contributed by atoms with Crippen LogP contribution in [0, 0.1) is 6.92 Å². The average Bonchev–Trinajstić information content (AvgIpc) is 2.34. The van der Waals surface area contributed by atoms with Gasteiger partial charge in [-0.1, -0.05) is 19.4 Å². The predicted molar refractivity (Wildman–Crippen MR) is 81.8 cm³/mol. The molecule has 1 aromatic rings. The lowest BCUT2D eigenvalue weighted by molar-refractivity contribution is -0.126. The maximum absolute atomic E-state index is 11.9. The number of nitrogen functional groups attached to an aromatic ring is 1. The fraction of sp³-hybridized carbons (Fsp3) is 0.500. The van der Waals surface area contributed by atoms with Crippen molar-refractivity contribution in [1.29, 1.82) is 0 Å². The topological polar surface area (TPSA) is 64.3 Å². The first-order valence-corrected chi connectivity index (χ1v) is 6.33. The number of nitrogens with two attached hydrogens (primary N) is 1. The van der Waals surface area contributed by atoms with Crippen LogP contribution in [0.4, 0.5) is 11.4 Å². The monoisotopic (exact) mass is 286 g/mol. The third-order valence-corrected chi connectivity index (χ3v) is 2.75. The molecular weight excluding hydrogens is 264 g/mol. The normalized spacial score (nSPS) is 11.5. The lowest BCUT2D eigenvalue weighted by Gasteiger charge is -2.14. The van der Waals surface area contributed by atoms with Crippen LogP contribution in [0.1, 0.15) is 32.3 Å². The molecule has 0 aromatic heterocycles. The molecule has 5 heteroatoms. The van der Waals surface area contributed by atoms with E-state index >= 15 is 0 Å². The van der Waals surface area contributed by atoms with Crippen LogP contribution in [0.5, 0.6) is 0 Å². The van der Waals surface area contributed by atoms with Crippen LogP contribution >= 0.6 is 12.4 Å². The largest absolute Gasteiger partial charge is 0.399 e. The van der Waals surface area contributed by atoms with Crippen LogP contribution in [0.2, 0.25) is 0 Å². The molecule has 19 heavy (non-hydrogen) atoms. The minimum Gasteiger partial charge on any atom is -0.399 e. The Morgan fingerprint density at radius 3 is 2.79 bits per heavy atom. The van der Waals surface area contributed by atoms with Crippen molar-refractivity contribution in [3.05, 3.63) is 23.8 Å². The standard InChI is InChI=1S/C14H22N2O2.ClH/c1-4-5-8-18-11(3)14(17)16-13-9-12(15)7-6-10(13)2;/h6-7,9,11H,4-5,8,15H2,1-3H3,(H,16,17);1H. The van der Waals surface area contributed by atoms with E-state index in [0.717, 1.165) is 24.1 Å². The minimum absolute atomic E-state index is 0. The van der Waals surface area contributed by atoms with E-state index in [9.17, 15) is 4.79 Å². The van der Waals surface area contributed by atoms with Gasteiger partial charge in [-0.2, -0.15) is 0 Å². The highest BCUT2D eigenvalue weighted by molar-refractivity contribution is 5.95. The van der Waals surface area contributed by atoms with E-state index in [0.29, 0.717) is 12.3 Å². The van der Waals surface area contributed by atoms with E-state index in [2.05, 4.69) is 12.2 Å². The molecule has 1 aromatic carbocycles. The summed E-state index contributed by atoms with van der Waals surface area (Å²) in [6, 6.07) is 5.45. The molecule has 1 amide bonds. The molecule has 3 N–H and O–H groups in total. The molecule has 0 saturated heterocycles. The SMILES string of the molecule is CCCCOC(C)C(=O)Nc1cc(N)ccc1C.Cl. The molecule has 0 saturated carbocycles. The second-order valence-electron chi connectivity index (χ2n) is 4.43. The number of anilines is 2. The number of unbranched alkanes of at least 4 members (excludes halogenated alkanes) is 1. The highest BCUT2D eigenvalue weighted by Crippen LogP contribution is 2.18. The number of nitrogens with one attached hydrogen (secondary N) is 1. The second kappa shape index (κ2) is 8.77. The Balaban J connectivity index is 0.00000324. The highest BCUT2D eigenvalue weighted by Gasteiger charge is 2.14. The summed E-state index contributed by atoms with van der Waals surface area (Å²) >= 11 is 0. The Hall–Kier alpha value is -1.26. The Bertz CT molecular complexity index is 410. The van der Waals surface area contributed by atoms with Gasteiger partial charge >= 0.3 is 0 Å². The Kier molecular flexibility index (Phi) is 8.19. The van der Waals surface area contributed by atoms with Crippen molar-refractivity contribution in [3.8, 4) is 0 Å². The number of hydrogen-bond acceptors (Lipinski definition) is 3. The van der Waals surface area contributed by atoms with E-state index in [-0.39, 0.29) is 18.3 Å². The molecule has 0 aliphatic heterocycles. The summed E-state index contributed by atoms with van der Waals surface area (Å²) in [5.74, 6) is -0.139. The quantitative estimate of drug-likeness (QED) is 0.624. The molecule has 4 nitrogen and oxygen atoms in total. The average molecular weight is 287 g/mol. The number of aryl methyl sites for hydroxylation is 1. The summed E-state index contributed by atoms with van der Waals surface area (Å²) < 4.78 is 5.44. The molecule has 0 aliphatic carbocycles. The van der Waals surface area contributed by atoms with Crippen molar-refractivity contribution in [2.45, 2.75) is 39.7 Å². The maximum Gasteiger partial charge on any atom is 0.253 e. The van der Waals surface area contributed by atoms with Gasteiger partial charge < -0.3 is 15.8 Å². The summed E-state index contributed by atoms with van der Waals surface area (Å²) in [5.41, 5.74) is 8.06. The smallest absolute Gasteiger partial charge is 0.253 e. The van der Waals surface area contributed by atoms with Crippen LogP contribution in [0.3, 0.4) is 0 Å². The van der Waals surface area contributed by atoms with E-state index in [1.165, 1.54) is 0 Å². The first kappa shape index (κ1) is 17.7. The third-order valence-electron chi connectivity index (χ3n) is 2.75. The first-order valence-electron chi connectivity index (χ1n) is 6.33. The molecule has 0 spiro atoms. The zero-order chi connectivity index (χ0) is 13.5. The van der Waals surface area contributed by atoms with Gasteiger partial charge in [0.2, 0.25) is 0 Å². The van der Waals surface area contributed by atoms with Gasteiger partial charge in [-0.15, -0.1) is 12.4 Å². The molecule has 108 valence electrons. The van der Waals surface area contributed by atoms with Crippen molar-refractivity contribution in [2.24, 2.45) is 0 Å². The maximum atomic E-state index is 11.9. The molecule has 0 heterocycles. The van der Waals surface area contributed by atoms with Gasteiger partial charge in [-0.3, -0.25) is 4.79 Å². The Morgan fingerprint density at radius 2 is 2.16 bits per heavy atom. The summed E-state index contributed by atoms with van der Waals surface area (Å²) in [6.07, 6.45) is 1.58. The number of rotatable bonds is 6. The summed E-state index contributed by atoms with van der Waals surface area (Å²) in [4.78, 5) is 11.9. The molecule has 1 atom stereocenters. The van der Waals surface area contributed by atoms with Gasteiger partial charge in [-0.05, 0) is 38.0 Å². The van der Waals surface area contributed by atoms with Crippen molar-refractivity contribution >= 4 is 29.7 Å². The van der Waals surface area contributed by atoms with E-state index in [1.807, 2.05) is 19.1 Å². The van der Waals surface area contributed by atoms with E-state index in [4.69, 9.17) is 10.5 Å². The fourth-order valence-electron chi connectivity index (χ4n) is 1.49. The highest BCUT2D eigenvalue weighted by atomic mass is 35.5. The fourth-order valence-corrected chi connectivity index (χ4v) is 1.49. The van der Waals surface area contributed by atoms with Gasteiger partial charge in [0.25, 0.3) is 5.91 Å². The summed E-state index contributed by atoms with van der Waals surface area (Å²) in [7, 11) is 0. The Morgan fingerprint density at radius 1 is 1.47 bits per heavy atom. The van der Waals surface area contributed by atoms with Crippen LogP contribution < -0.4 is 11.1 Å². The van der Waals surface area contributed by atoms with Crippen LogP contribution in [0.15, 0.2) is 18.2 Å². The number of amides is 1. The third kappa shape index (κ3) is 5.94. The minimum atomic E-state index is -0.447. The molecule has 1 rings (SSSR count). The van der Waals surface area contributed by atoms with Crippen molar-refractivity contribution < 1.29 is 9.53 Å². The van der Waals surface area contributed by atoms with Gasteiger partial charge in [0.15, 0.2) is 0 Å². The number of hydrogen-bond donors (Lipinski definition) is 2. The molecule has 0 radical (unpaired) electrons. The number of carbonyl (C=O) groups excluding carboxylic acids is 1. The zero-order valence-corrected chi connectivity index (χ0v) is 12.5.